The molecule has 0 aliphatic heterocycles. The maximum Gasteiger partial charge on any atom is 0.408 e. The van der Waals surface area contributed by atoms with Gasteiger partial charge < -0.3 is 19.5 Å². The second kappa shape index (κ2) is 9.61. The van der Waals surface area contributed by atoms with E-state index in [4.69, 9.17) is 14.2 Å². The van der Waals surface area contributed by atoms with Crippen LogP contribution in [0.3, 0.4) is 0 Å². The minimum atomic E-state index is -0.765. The zero-order valence-electron chi connectivity index (χ0n) is 18.6. The molecule has 1 amide bonds. The van der Waals surface area contributed by atoms with Crippen molar-refractivity contribution in [3.63, 3.8) is 0 Å². The summed E-state index contributed by atoms with van der Waals surface area (Å²) in [5.41, 5.74) is -1.19. The average molecular weight is 400 g/mol. The van der Waals surface area contributed by atoms with E-state index < -0.39 is 29.1 Å². The molecule has 0 aromatic carbocycles. The molecule has 7 heteroatoms. The van der Waals surface area contributed by atoms with Crippen molar-refractivity contribution >= 4 is 18.0 Å². The third-order valence-corrected chi connectivity index (χ3v) is 5.28. The summed E-state index contributed by atoms with van der Waals surface area (Å²) in [6.45, 7) is 12.8. The summed E-state index contributed by atoms with van der Waals surface area (Å²) >= 11 is 0. The topological polar surface area (TPSA) is 90.9 Å². The van der Waals surface area contributed by atoms with Gasteiger partial charge in [0, 0.05) is 0 Å². The highest BCUT2D eigenvalue weighted by Gasteiger charge is 2.40. The van der Waals surface area contributed by atoms with E-state index in [0.717, 1.165) is 12.8 Å². The molecule has 0 aromatic heterocycles. The molecule has 0 radical (unpaired) electrons. The van der Waals surface area contributed by atoms with Crippen molar-refractivity contribution in [2.45, 2.75) is 91.9 Å². The third-order valence-electron chi connectivity index (χ3n) is 5.28. The van der Waals surface area contributed by atoms with Gasteiger partial charge >= 0.3 is 18.0 Å². The highest BCUT2D eigenvalue weighted by Crippen LogP contribution is 2.40. The van der Waals surface area contributed by atoms with Crippen molar-refractivity contribution in [1.29, 1.82) is 0 Å². The van der Waals surface area contributed by atoms with Gasteiger partial charge in [0.25, 0.3) is 0 Å². The molecule has 1 fully saturated rings. The van der Waals surface area contributed by atoms with Crippen LogP contribution in [0.1, 0.15) is 74.1 Å². The van der Waals surface area contributed by atoms with Gasteiger partial charge in [0.2, 0.25) is 0 Å². The van der Waals surface area contributed by atoms with Crippen LogP contribution in [0.25, 0.3) is 0 Å². The van der Waals surface area contributed by atoms with Crippen LogP contribution in [0.5, 0.6) is 0 Å². The number of nitrogens with one attached hydrogen (secondary N) is 1. The number of esters is 2. The van der Waals surface area contributed by atoms with Crippen LogP contribution in [-0.2, 0) is 23.8 Å². The molecule has 7 nitrogen and oxygen atoms in total. The molecule has 0 unspecified atom stereocenters. The van der Waals surface area contributed by atoms with Crippen molar-refractivity contribution in [3.05, 3.63) is 0 Å². The highest BCUT2D eigenvalue weighted by molar-refractivity contribution is 5.81. The van der Waals surface area contributed by atoms with Crippen molar-refractivity contribution in [2.24, 2.45) is 17.3 Å². The van der Waals surface area contributed by atoms with Crippen LogP contribution >= 0.6 is 0 Å². The molecular weight excluding hydrogens is 362 g/mol. The summed E-state index contributed by atoms with van der Waals surface area (Å²) < 4.78 is 15.8. The molecule has 28 heavy (non-hydrogen) atoms. The fourth-order valence-electron chi connectivity index (χ4n) is 3.50. The fraction of sp³-hybridized carbons (Fsp3) is 0.857. The Morgan fingerprint density at radius 3 is 1.93 bits per heavy atom. The van der Waals surface area contributed by atoms with E-state index in [1.54, 1.807) is 20.8 Å². The lowest BCUT2D eigenvalue weighted by Crippen LogP contribution is -2.48. The summed E-state index contributed by atoms with van der Waals surface area (Å²) in [5.74, 6) is -0.601. The SMILES string of the molecule is COC(=O)C(C)(C)C1CCC(OC(=O)[C@@H](NC(=O)OC(C)(C)C)C(C)C)CC1. The summed E-state index contributed by atoms with van der Waals surface area (Å²) in [6, 6.07) is -0.765. The molecule has 0 aromatic rings. The number of alkyl carbamates (subject to hydrolysis) is 1. The van der Waals surface area contributed by atoms with Crippen molar-refractivity contribution in [2.75, 3.05) is 7.11 Å². The first-order valence-electron chi connectivity index (χ1n) is 10.1. The predicted octanol–water partition coefficient (Wildman–Crippen LogP) is 3.84. The zero-order valence-corrected chi connectivity index (χ0v) is 18.6. The number of amides is 1. The van der Waals surface area contributed by atoms with E-state index in [-0.39, 0.29) is 23.9 Å². The Kier molecular flexibility index (Phi) is 8.32. The highest BCUT2D eigenvalue weighted by atomic mass is 16.6. The Balaban J connectivity index is 2.61. The van der Waals surface area contributed by atoms with Crippen LogP contribution in [0.4, 0.5) is 4.79 Å². The van der Waals surface area contributed by atoms with Gasteiger partial charge in [-0.05, 0) is 72.1 Å². The Morgan fingerprint density at radius 1 is 0.964 bits per heavy atom. The van der Waals surface area contributed by atoms with Gasteiger partial charge in [-0.15, -0.1) is 0 Å². The lowest BCUT2D eigenvalue weighted by atomic mass is 9.70. The number of methoxy groups -OCH3 is 1. The molecule has 162 valence electrons. The number of carbonyl (C=O) groups excluding carboxylic acids is 3. The van der Waals surface area contributed by atoms with Gasteiger partial charge in [0.05, 0.1) is 12.5 Å². The third kappa shape index (κ3) is 6.99. The van der Waals surface area contributed by atoms with Crippen molar-refractivity contribution in [1.82, 2.24) is 5.32 Å². The maximum absolute atomic E-state index is 12.6. The molecule has 0 bridgehead atoms. The Bertz CT molecular complexity index is 556. The van der Waals surface area contributed by atoms with Gasteiger partial charge in [-0.2, -0.15) is 0 Å². The molecule has 1 saturated carbocycles. The van der Waals surface area contributed by atoms with E-state index in [2.05, 4.69) is 5.32 Å². The van der Waals surface area contributed by atoms with Gasteiger partial charge in [-0.25, -0.2) is 9.59 Å². The molecule has 1 aliphatic carbocycles. The van der Waals surface area contributed by atoms with Crippen LogP contribution < -0.4 is 5.32 Å². The monoisotopic (exact) mass is 399 g/mol. The average Bonchev–Trinajstić information content (AvgIpc) is 2.57. The Morgan fingerprint density at radius 2 is 1.50 bits per heavy atom. The molecular formula is C21H37NO6. The second-order valence-electron chi connectivity index (χ2n) is 9.49. The van der Waals surface area contributed by atoms with Crippen LogP contribution in [0.2, 0.25) is 0 Å². The zero-order chi connectivity index (χ0) is 21.7. The smallest absolute Gasteiger partial charge is 0.408 e. The van der Waals surface area contributed by atoms with E-state index >= 15 is 0 Å². The minimum absolute atomic E-state index is 0.130. The standard InChI is InChI=1S/C21H37NO6/c1-13(2)16(22-19(25)28-20(3,4)5)17(23)27-15-11-9-14(10-12-15)21(6,7)18(24)26-8/h13-16H,9-12H2,1-8H3,(H,22,25)/t14?,15?,16-/m0/s1. The second-order valence-corrected chi connectivity index (χ2v) is 9.49. The summed E-state index contributed by atoms with van der Waals surface area (Å²) in [7, 11) is 1.40. The predicted molar refractivity (Wildman–Crippen MR) is 106 cm³/mol. The lowest BCUT2D eigenvalue weighted by Gasteiger charge is -2.37. The Labute approximate surface area is 168 Å². The molecule has 0 heterocycles. The van der Waals surface area contributed by atoms with Crippen LogP contribution in [-0.4, -0.2) is 42.9 Å². The number of ether oxygens (including phenoxy) is 3. The molecule has 1 rings (SSSR count). The summed E-state index contributed by atoms with van der Waals surface area (Å²) in [5, 5.41) is 2.62. The first-order chi connectivity index (χ1) is 12.8. The first-order valence-corrected chi connectivity index (χ1v) is 10.1. The first kappa shape index (κ1) is 24.2. The minimum Gasteiger partial charge on any atom is -0.469 e. The van der Waals surface area contributed by atoms with Crippen molar-refractivity contribution in [3.8, 4) is 0 Å². The van der Waals surface area contributed by atoms with Gasteiger partial charge in [0.15, 0.2) is 0 Å². The number of carbonyl (C=O) groups is 3. The lowest BCUT2D eigenvalue weighted by molar-refractivity contribution is -0.160. The van der Waals surface area contributed by atoms with Gasteiger partial charge in [-0.3, -0.25) is 4.79 Å². The molecule has 1 N–H and O–H groups in total. The Hall–Kier alpha value is -1.79. The normalized spacial score (nSPS) is 21.6. The van der Waals surface area contributed by atoms with E-state index in [1.807, 2.05) is 27.7 Å². The number of hydrogen-bond acceptors (Lipinski definition) is 6. The summed E-state index contributed by atoms with van der Waals surface area (Å²) in [6.07, 6.45) is 2.10. The molecule has 1 atom stereocenters. The fourth-order valence-corrected chi connectivity index (χ4v) is 3.50. The van der Waals surface area contributed by atoms with Gasteiger partial charge in [0.1, 0.15) is 17.7 Å². The van der Waals surface area contributed by atoms with E-state index in [9.17, 15) is 14.4 Å². The van der Waals surface area contributed by atoms with E-state index in [1.165, 1.54) is 7.11 Å². The maximum atomic E-state index is 12.6. The molecule has 1 aliphatic rings. The molecule has 0 saturated heterocycles. The number of rotatable bonds is 6. The quantitative estimate of drug-likeness (QED) is 0.539. The van der Waals surface area contributed by atoms with Crippen molar-refractivity contribution < 1.29 is 28.6 Å². The summed E-state index contributed by atoms with van der Waals surface area (Å²) in [4.78, 5) is 36.6. The van der Waals surface area contributed by atoms with Crippen LogP contribution in [0.15, 0.2) is 0 Å². The number of hydrogen-bond donors (Lipinski definition) is 1. The van der Waals surface area contributed by atoms with Gasteiger partial charge in [-0.1, -0.05) is 13.8 Å². The van der Waals surface area contributed by atoms with Crippen LogP contribution in [0, 0.1) is 17.3 Å². The largest absolute Gasteiger partial charge is 0.469 e. The van der Waals surface area contributed by atoms with E-state index in [0.29, 0.717) is 12.8 Å². The molecule has 0 spiro atoms.